The number of amidine groups is 1. The molecule has 0 bridgehead atoms. The Labute approximate surface area is 341 Å². The number of aromatic nitrogens is 4. The van der Waals surface area contributed by atoms with Crippen LogP contribution in [0.4, 0.5) is 9.52 Å². The molecule has 58 heavy (non-hydrogen) atoms. The van der Waals surface area contributed by atoms with Gasteiger partial charge in [-0.3, -0.25) is 14.5 Å². The minimum absolute atomic E-state index is 0.0158. The van der Waals surface area contributed by atoms with Gasteiger partial charge in [-0.05, 0) is 31.6 Å². The van der Waals surface area contributed by atoms with Gasteiger partial charge in [0.25, 0.3) is 11.8 Å². The van der Waals surface area contributed by atoms with Crippen LogP contribution in [0, 0.1) is 5.82 Å². The molecule has 2 fully saturated rings. The second-order valence-electron chi connectivity index (χ2n) is 13.9. The van der Waals surface area contributed by atoms with Gasteiger partial charge in [-0.15, -0.1) is 27.6 Å². The van der Waals surface area contributed by atoms with Gasteiger partial charge in [0.1, 0.15) is 41.8 Å². The van der Waals surface area contributed by atoms with Gasteiger partial charge in [0.2, 0.25) is 5.60 Å². The summed E-state index contributed by atoms with van der Waals surface area (Å²) in [5, 5.41) is 33.0. The fourth-order valence-electron chi connectivity index (χ4n) is 6.34. The van der Waals surface area contributed by atoms with Crippen LogP contribution in [0.2, 0.25) is 5.02 Å². The lowest BCUT2D eigenvalue weighted by molar-refractivity contribution is -0.662. The zero-order valence-corrected chi connectivity index (χ0v) is 33.2. The Hall–Kier alpha value is -5.71. The number of amides is 2. The van der Waals surface area contributed by atoms with E-state index in [0.717, 1.165) is 16.2 Å². The van der Waals surface area contributed by atoms with E-state index in [1.54, 1.807) is 38.4 Å². The molecule has 4 aromatic rings. The molecule has 0 unspecified atom stereocenters. The number of halogens is 2. The first-order valence-corrected chi connectivity index (χ1v) is 19.9. The number of carbonyl (C=O) groups excluding carboxylic acids is 3. The maximum absolute atomic E-state index is 15.5. The standard InChI is InChI=1S/C35H36ClFN10O9S2/c1-35(2,33(52)53)56-42-25(23-16-58-34(39)40-23)29(48)41-26-30(49)47-27(32(50)51)18(15-57-31(26)47)13-45-6-3-24-44(7-8-46(24)45)14-20-21(36)11-17(12-22(20)37)28(38)43-55-19-4-9-54-10-5-19/h3,6-8,11-12,16,19,26,31H,4-5,9-10,13-15H2,1-2H3,(H6-,38,39,40,41,43,48,50,51,52,53)/b42-25-/t26-,31-/m1/s1. The van der Waals surface area contributed by atoms with E-state index in [1.807, 2.05) is 0 Å². The number of fused-ring (bicyclic) bond motifs is 2. The summed E-state index contributed by atoms with van der Waals surface area (Å²) in [6.07, 6.45) is 6.33. The number of hydrogen-bond acceptors (Lipinski definition) is 14. The van der Waals surface area contributed by atoms with E-state index in [2.05, 4.69) is 20.6 Å². The number of oxime groups is 2. The smallest absolute Gasteiger partial charge is 0.350 e. The van der Waals surface area contributed by atoms with Gasteiger partial charge >= 0.3 is 11.6 Å². The van der Waals surface area contributed by atoms with Crippen molar-refractivity contribution < 1.29 is 52.8 Å². The minimum Gasteiger partial charge on any atom is -0.543 e. The molecule has 7 rings (SSSR count). The number of benzene rings is 1. The first-order valence-electron chi connectivity index (χ1n) is 17.6. The molecule has 0 saturated carbocycles. The number of β-lactam (4-membered cyclic amide) rings is 1. The van der Waals surface area contributed by atoms with Crippen LogP contribution in [0.1, 0.15) is 43.5 Å². The van der Waals surface area contributed by atoms with Crippen molar-refractivity contribution in [3.8, 4) is 0 Å². The molecule has 0 spiro atoms. The highest BCUT2D eigenvalue weighted by Gasteiger charge is 2.53. The van der Waals surface area contributed by atoms with Gasteiger partial charge in [-0.25, -0.2) is 23.4 Å². The molecule has 2 atom stereocenters. The first-order chi connectivity index (χ1) is 27.6. The number of thioether (sulfide) groups is 1. The highest BCUT2D eigenvalue weighted by atomic mass is 35.5. The van der Waals surface area contributed by atoms with Gasteiger partial charge in [-0.2, -0.15) is 0 Å². The molecule has 19 nitrogen and oxygen atoms in total. The number of carboxylic acid groups (broad SMARTS) is 2. The number of rotatable bonds is 14. The number of hydrogen-bond donors (Lipinski definition) is 4. The summed E-state index contributed by atoms with van der Waals surface area (Å²) in [7, 11) is 0. The van der Waals surface area contributed by atoms with E-state index in [1.165, 1.54) is 43.1 Å². The molecule has 6 heterocycles. The number of carbonyl (C=O) groups is 4. The number of nitrogens with zero attached hydrogens (tertiary/aromatic N) is 7. The van der Waals surface area contributed by atoms with Gasteiger partial charge in [-0.1, -0.05) is 21.9 Å². The zero-order valence-electron chi connectivity index (χ0n) is 30.8. The van der Waals surface area contributed by atoms with Crippen molar-refractivity contribution in [2.45, 2.75) is 62.9 Å². The SMILES string of the molecule is CC(C)(O/N=C(\C(=O)N[C@@H]1C(=O)N2C(C(=O)[O-])=C(Cn3ccc4n3cc[n+]4Cc3c(F)cc(/C(N)=N/OC4CCOCC4)cc3Cl)CS[C@H]12)c1csc(N)n1)C(=O)O. The molecule has 0 radical (unpaired) electrons. The molecule has 3 aliphatic heterocycles. The fraction of sp³-hybridized carbons (Fsp3) is 0.371. The van der Waals surface area contributed by atoms with E-state index in [-0.39, 0.29) is 63.5 Å². The molecule has 3 aromatic heterocycles. The summed E-state index contributed by atoms with van der Waals surface area (Å²) in [6.45, 7) is 3.67. The van der Waals surface area contributed by atoms with Crippen LogP contribution in [-0.2, 0) is 46.7 Å². The monoisotopic (exact) mass is 858 g/mol. The van der Waals surface area contributed by atoms with Crippen LogP contribution in [0.3, 0.4) is 0 Å². The Morgan fingerprint density at radius 2 is 2.00 bits per heavy atom. The summed E-state index contributed by atoms with van der Waals surface area (Å²) in [4.78, 5) is 66.7. The lowest BCUT2D eigenvalue weighted by atomic mass is 10.0. The largest absolute Gasteiger partial charge is 0.543 e. The molecule has 1 aromatic carbocycles. The maximum atomic E-state index is 15.5. The topological polar surface area (TPSA) is 257 Å². The summed E-state index contributed by atoms with van der Waals surface area (Å²) < 4.78 is 26.0. The number of nitrogens with two attached hydrogens (primary N) is 2. The first kappa shape index (κ1) is 40.5. The number of nitrogens with one attached hydrogen (secondary N) is 1. The number of aliphatic carboxylic acids is 2. The summed E-state index contributed by atoms with van der Waals surface area (Å²) >= 11 is 8.77. The second kappa shape index (κ2) is 16.3. The van der Waals surface area contributed by atoms with Gasteiger partial charge in [0.05, 0.1) is 48.7 Å². The van der Waals surface area contributed by atoms with Crippen LogP contribution in [-0.4, -0.2) is 102 Å². The average molecular weight is 859 g/mol. The van der Waals surface area contributed by atoms with E-state index in [0.29, 0.717) is 37.3 Å². The normalized spacial score (nSPS) is 19.2. The summed E-state index contributed by atoms with van der Waals surface area (Å²) in [6, 6.07) is 3.34. The van der Waals surface area contributed by atoms with Crippen molar-refractivity contribution in [1.29, 1.82) is 0 Å². The maximum Gasteiger partial charge on any atom is 0.350 e. The van der Waals surface area contributed by atoms with Gasteiger partial charge in [0, 0.05) is 35.1 Å². The lowest BCUT2D eigenvalue weighted by Crippen LogP contribution is -2.71. The molecular formula is C35H36ClFN10O9S2. The van der Waals surface area contributed by atoms with Gasteiger partial charge < -0.3 is 46.2 Å². The number of ether oxygens (including phenoxy) is 1. The minimum atomic E-state index is -1.81. The van der Waals surface area contributed by atoms with Crippen LogP contribution < -0.4 is 26.5 Å². The Bertz CT molecular complexity index is 2380. The number of nitrogen functional groups attached to an aromatic ring is 1. The predicted molar refractivity (Wildman–Crippen MR) is 205 cm³/mol. The van der Waals surface area contributed by atoms with Crippen molar-refractivity contribution in [2.24, 2.45) is 16.0 Å². The Morgan fingerprint density at radius 1 is 1.24 bits per heavy atom. The predicted octanol–water partition coefficient (Wildman–Crippen LogP) is 0.412. The van der Waals surface area contributed by atoms with Crippen molar-refractivity contribution >= 4 is 80.8 Å². The quantitative estimate of drug-likeness (QED) is 0.0441. The zero-order chi connectivity index (χ0) is 41.5. The Balaban J connectivity index is 1.05. The summed E-state index contributed by atoms with van der Waals surface area (Å²) in [5.74, 6) is -5.02. The number of anilines is 1. The molecule has 306 valence electrons. The van der Waals surface area contributed by atoms with Crippen molar-refractivity contribution in [1.82, 2.24) is 24.4 Å². The third kappa shape index (κ3) is 8.04. The molecule has 23 heteroatoms. The Morgan fingerprint density at radius 3 is 2.67 bits per heavy atom. The number of imidazole rings is 1. The second-order valence-corrected chi connectivity index (χ2v) is 16.3. The molecule has 2 saturated heterocycles. The van der Waals surface area contributed by atoms with E-state index in [9.17, 15) is 29.4 Å². The van der Waals surface area contributed by atoms with Crippen molar-refractivity contribution in [3.05, 3.63) is 81.1 Å². The average Bonchev–Trinajstić information content (AvgIpc) is 3.92. The van der Waals surface area contributed by atoms with Crippen LogP contribution in [0.15, 0.2) is 63.8 Å². The van der Waals surface area contributed by atoms with Crippen molar-refractivity contribution in [3.63, 3.8) is 0 Å². The third-order valence-electron chi connectivity index (χ3n) is 9.56. The van der Waals surface area contributed by atoms with E-state index >= 15 is 4.39 Å². The molecule has 6 N–H and O–H groups in total. The van der Waals surface area contributed by atoms with E-state index < -0.39 is 52.3 Å². The molecule has 3 aliphatic rings. The Kier molecular flexibility index (Phi) is 11.4. The van der Waals surface area contributed by atoms with Crippen LogP contribution in [0.5, 0.6) is 0 Å². The van der Waals surface area contributed by atoms with Crippen molar-refractivity contribution in [2.75, 3.05) is 24.7 Å². The fourth-order valence-corrected chi connectivity index (χ4v) is 8.49. The molecule has 0 aliphatic carbocycles. The third-order valence-corrected chi connectivity index (χ3v) is 11.9. The number of carboxylic acids is 2. The highest BCUT2D eigenvalue weighted by Crippen LogP contribution is 2.40. The lowest BCUT2D eigenvalue weighted by Gasteiger charge is -2.50. The van der Waals surface area contributed by atoms with E-state index in [4.69, 9.17) is 37.5 Å². The number of thiazole rings is 1. The van der Waals surface area contributed by atoms with Crippen LogP contribution in [0.25, 0.3) is 5.65 Å². The molecule has 2 amide bonds. The van der Waals surface area contributed by atoms with Crippen LogP contribution >= 0.6 is 34.7 Å². The highest BCUT2D eigenvalue weighted by molar-refractivity contribution is 8.00. The summed E-state index contributed by atoms with van der Waals surface area (Å²) in [5.41, 5.74) is 10.7. The van der Waals surface area contributed by atoms with Gasteiger partial charge in [0.15, 0.2) is 22.9 Å². The molecular weight excluding hydrogens is 823 g/mol.